The first-order valence-corrected chi connectivity index (χ1v) is 4.76. The number of nitrogen functional groups attached to an aromatic ring is 1. The van der Waals surface area contributed by atoms with Crippen LogP contribution >= 0.6 is 7.82 Å². The van der Waals surface area contributed by atoms with Gasteiger partial charge in [-0.2, -0.15) is 0 Å². The van der Waals surface area contributed by atoms with Crippen LogP contribution in [-0.2, 0) is 15.7 Å². The second-order valence-corrected chi connectivity index (χ2v) is 3.44. The average molecular weight is 205 g/mol. The molecule has 0 atom stereocenters. The summed E-state index contributed by atoms with van der Waals surface area (Å²) >= 11 is 0. The lowest BCUT2D eigenvalue weighted by atomic mass is 10.3. The molecule has 0 saturated carbocycles. The molecule has 1 aromatic rings. The first-order chi connectivity index (χ1) is 5.99. The topological polar surface area (TPSA) is 119 Å². The Labute approximate surface area is 73.8 Å². The molecule has 4 N–H and O–H groups in total. The molecule has 0 fully saturated rings. The highest BCUT2D eigenvalue weighted by molar-refractivity contribution is 7.46. The highest BCUT2D eigenvalue weighted by atomic mass is 31.2. The van der Waals surface area contributed by atoms with Gasteiger partial charge in [-0.3, -0.25) is 4.52 Å². The summed E-state index contributed by atoms with van der Waals surface area (Å²) in [5, 5.41) is 0. The molecular weight excluding hydrogens is 197 g/mol. The molecule has 0 radical (unpaired) electrons. The fourth-order valence-corrected chi connectivity index (χ4v) is 0.940. The summed E-state index contributed by atoms with van der Waals surface area (Å²) in [6.45, 7) is -0.309. The van der Waals surface area contributed by atoms with Gasteiger partial charge in [-0.25, -0.2) is 14.5 Å². The van der Waals surface area contributed by atoms with Crippen molar-refractivity contribution in [2.75, 3.05) is 5.73 Å². The molecule has 13 heavy (non-hydrogen) atoms. The second kappa shape index (κ2) is 3.80. The van der Waals surface area contributed by atoms with Gasteiger partial charge in [-0.05, 0) is 0 Å². The molecule has 1 rings (SSSR count). The van der Waals surface area contributed by atoms with E-state index < -0.39 is 7.82 Å². The Bertz CT molecular complexity index is 338. The van der Waals surface area contributed by atoms with Crippen LogP contribution in [0.5, 0.6) is 0 Å². The normalized spacial score (nSPS) is 11.5. The van der Waals surface area contributed by atoms with Crippen molar-refractivity contribution in [2.45, 2.75) is 6.61 Å². The number of hydrogen-bond donors (Lipinski definition) is 3. The van der Waals surface area contributed by atoms with E-state index in [1.54, 1.807) is 0 Å². The van der Waals surface area contributed by atoms with Crippen LogP contribution in [0.3, 0.4) is 0 Å². The van der Waals surface area contributed by atoms with Crippen molar-refractivity contribution in [2.24, 2.45) is 0 Å². The number of anilines is 1. The minimum absolute atomic E-state index is 0.142. The summed E-state index contributed by atoms with van der Waals surface area (Å²) < 4.78 is 14.5. The van der Waals surface area contributed by atoms with Crippen molar-refractivity contribution >= 4 is 13.6 Å². The lowest BCUT2D eigenvalue weighted by Gasteiger charge is -2.05. The van der Waals surface area contributed by atoms with Gasteiger partial charge in [0, 0.05) is 11.8 Å². The maximum Gasteiger partial charge on any atom is 0.469 e. The number of hydrogen-bond acceptors (Lipinski definition) is 5. The van der Waals surface area contributed by atoms with E-state index in [0.717, 1.165) is 0 Å². The molecule has 0 saturated heterocycles. The predicted octanol–water partition coefficient (Wildman–Crippen LogP) is -0.332. The molecular formula is C5H8N3O4P. The molecule has 8 heteroatoms. The summed E-state index contributed by atoms with van der Waals surface area (Å²) in [5.41, 5.74) is 5.70. The van der Waals surface area contributed by atoms with E-state index in [9.17, 15) is 4.57 Å². The molecule has 1 heterocycles. The van der Waals surface area contributed by atoms with Crippen LogP contribution in [0.25, 0.3) is 0 Å². The Morgan fingerprint density at radius 1 is 1.62 bits per heavy atom. The minimum atomic E-state index is -4.46. The lowest BCUT2D eigenvalue weighted by molar-refractivity contribution is 0.189. The number of rotatable bonds is 3. The molecule has 0 amide bonds. The van der Waals surface area contributed by atoms with Crippen LogP contribution in [0.1, 0.15) is 5.56 Å². The van der Waals surface area contributed by atoms with Crippen molar-refractivity contribution in [1.29, 1.82) is 0 Å². The lowest BCUT2D eigenvalue weighted by Crippen LogP contribution is -2.00. The smallest absolute Gasteiger partial charge is 0.383 e. The molecule has 0 aliphatic rings. The summed E-state index contributed by atoms with van der Waals surface area (Å²) in [5.74, 6) is 0.142. The quantitative estimate of drug-likeness (QED) is 0.578. The van der Waals surface area contributed by atoms with Crippen LogP contribution in [0, 0.1) is 0 Å². The van der Waals surface area contributed by atoms with E-state index in [1.807, 2.05) is 0 Å². The van der Waals surface area contributed by atoms with Crippen LogP contribution < -0.4 is 5.73 Å². The van der Waals surface area contributed by atoms with Crippen LogP contribution in [-0.4, -0.2) is 19.8 Å². The zero-order valence-corrected chi connectivity index (χ0v) is 7.39. The average Bonchev–Trinajstić information content (AvgIpc) is 2.01. The third-order valence-corrected chi connectivity index (χ3v) is 1.68. The Morgan fingerprint density at radius 2 is 2.31 bits per heavy atom. The monoisotopic (exact) mass is 205 g/mol. The number of phosphoric ester groups is 1. The predicted molar refractivity (Wildman–Crippen MR) is 43.3 cm³/mol. The van der Waals surface area contributed by atoms with Crippen molar-refractivity contribution < 1.29 is 18.9 Å². The second-order valence-electron chi connectivity index (χ2n) is 2.20. The van der Waals surface area contributed by atoms with E-state index in [1.165, 1.54) is 12.5 Å². The van der Waals surface area contributed by atoms with Crippen LogP contribution in [0.15, 0.2) is 12.5 Å². The summed E-state index contributed by atoms with van der Waals surface area (Å²) in [6.07, 6.45) is 2.56. The Hall–Kier alpha value is -1.01. The van der Waals surface area contributed by atoms with Gasteiger partial charge >= 0.3 is 7.82 Å². The van der Waals surface area contributed by atoms with Gasteiger partial charge in [0.15, 0.2) is 0 Å². The molecule has 0 aromatic carbocycles. The van der Waals surface area contributed by atoms with Gasteiger partial charge < -0.3 is 15.5 Å². The summed E-state index contributed by atoms with van der Waals surface area (Å²) in [4.78, 5) is 24.0. The van der Waals surface area contributed by atoms with Crippen LogP contribution in [0.2, 0.25) is 0 Å². The van der Waals surface area contributed by atoms with Gasteiger partial charge in [0.25, 0.3) is 0 Å². The molecule has 0 aliphatic carbocycles. The largest absolute Gasteiger partial charge is 0.469 e. The van der Waals surface area contributed by atoms with E-state index in [0.29, 0.717) is 5.56 Å². The zero-order valence-electron chi connectivity index (χ0n) is 6.49. The molecule has 0 bridgehead atoms. The molecule has 1 aromatic heterocycles. The highest BCUT2D eigenvalue weighted by Crippen LogP contribution is 2.37. The Balaban J connectivity index is 2.65. The van der Waals surface area contributed by atoms with Gasteiger partial charge in [0.1, 0.15) is 12.1 Å². The Kier molecular flexibility index (Phi) is 2.94. The fraction of sp³-hybridized carbons (Fsp3) is 0.200. The van der Waals surface area contributed by atoms with Gasteiger partial charge in [0.05, 0.1) is 6.61 Å². The zero-order chi connectivity index (χ0) is 9.90. The maximum atomic E-state index is 10.3. The third-order valence-electron chi connectivity index (χ3n) is 1.21. The van der Waals surface area contributed by atoms with Crippen molar-refractivity contribution in [3.63, 3.8) is 0 Å². The Morgan fingerprint density at radius 3 is 2.85 bits per heavy atom. The van der Waals surface area contributed by atoms with Crippen LogP contribution in [0.4, 0.5) is 5.82 Å². The third kappa shape index (κ3) is 3.47. The number of nitrogens with zero attached hydrogens (tertiary/aromatic N) is 2. The van der Waals surface area contributed by atoms with Gasteiger partial charge in [0.2, 0.25) is 0 Å². The maximum absolute atomic E-state index is 10.3. The first kappa shape index (κ1) is 10.1. The number of aromatic nitrogens is 2. The van der Waals surface area contributed by atoms with Crippen molar-refractivity contribution in [3.8, 4) is 0 Å². The molecule has 0 aliphatic heterocycles. The van der Waals surface area contributed by atoms with E-state index in [4.69, 9.17) is 15.5 Å². The van der Waals surface area contributed by atoms with E-state index in [-0.39, 0.29) is 12.4 Å². The molecule has 72 valence electrons. The minimum Gasteiger partial charge on any atom is -0.383 e. The molecule has 0 spiro atoms. The van der Waals surface area contributed by atoms with Gasteiger partial charge in [-0.1, -0.05) is 0 Å². The summed E-state index contributed by atoms with van der Waals surface area (Å²) in [6, 6.07) is 0. The SMILES string of the molecule is Nc1ncncc1COP(=O)(O)O. The van der Waals surface area contributed by atoms with Crippen molar-refractivity contribution in [3.05, 3.63) is 18.1 Å². The highest BCUT2D eigenvalue weighted by Gasteiger charge is 2.14. The van der Waals surface area contributed by atoms with E-state index >= 15 is 0 Å². The van der Waals surface area contributed by atoms with E-state index in [2.05, 4.69) is 14.5 Å². The van der Waals surface area contributed by atoms with Crippen molar-refractivity contribution in [1.82, 2.24) is 9.97 Å². The number of nitrogens with two attached hydrogens (primary N) is 1. The molecule has 0 unspecified atom stereocenters. The van der Waals surface area contributed by atoms with Gasteiger partial charge in [-0.15, -0.1) is 0 Å². The standard InChI is InChI=1S/C5H8N3O4P/c6-5-4(1-7-3-8-5)2-12-13(9,10)11/h1,3H,2H2,(H2,6,7,8)(H2,9,10,11). The number of phosphoric acid groups is 1. The summed E-state index contributed by atoms with van der Waals surface area (Å²) in [7, 11) is -4.46. The fourth-order valence-electron chi connectivity index (χ4n) is 0.633. The molecule has 7 nitrogen and oxygen atoms in total. The first-order valence-electron chi connectivity index (χ1n) is 3.23.